The van der Waals surface area contributed by atoms with Crippen LogP contribution in [0.2, 0.25) is 0 Å². The fraction of sp³-hybridized carbons (Fsp3) is 0. The SMILES string of the molecule is O.O=S(=O)(O)O.O=S(=O)(O)OOS(=O)(=O)O.O=S(=O)(O)OOS(=O)(=O)O.O=S(=O)([O-])OOS(=O)(=O)O.[K+]. The first kappa shape index (κ1) is 50.5. The van der Waals surface area contributed by atoms with E-state index in [9.17, 15) is 55.1 Å². The molecular formula is H9KO29S7. The second-order valence-electron chi connectivity index (χ2n) is 3.40. The normalized spacial score (nSPS) is 12.4. The molecule has 0 aromatic carbocycles. The zero-order valence-corrected chi connectivity index (χ0v) is 24.9. The Balaban J connectivity index is -0.0000000872. The van der Waals surface area contributed by atoms with Crippen LogP contribution in [0.5, 0.6) is 0 Å². The van der Waals surface area contributed by atoms with Gasteiger partial charge in [-0.25, -0.2) is 8.42 Å². The molecule has 0 saturated carbocycles. The molecule has 0 aliphatic heterocycles. The summed E-state index contributed by atoms with van der Waals surface area (Å²) in [6.45, 7) is 0. The van der Waals surface area contributed by atoms with E-state index in [4.69, 9.17) is 40.3 Å². The molecule has 0 aromatic heterocycles. The van der Waals surface area contributed by atoms with E-state index < -0.39 is 72.8 Å². The first-order chi connectivity index (χ1) is 14.6. The van der Waals surface area contributed by atoms with Crippen molar-refractivity contribution in [2.75, 3.05) is 0 Å². The van der Waals surface area contributed by atoms with Crippen molar-refractivity contribution < 1.29 is 178 Å². The first-order valence-electron chi connectivity index (χ1n) is 5.28. The Morgan fingerprint density at radius 3 is 0.541 bits per heavy atom. The third kappa shape index (κ3) is 93.9. The van der Waals surface area contributed by atoms with Gasteiger partial charge in [-0.3, -0.25) is 31.9 Å². The maximum Gasteiger partial charge on any atom is 1.00 e. The van der Waals surface area contributed by atoms with Crippen molar-refractivity contribution >= 4 is 72.8 Å². The predicted octanol–water partition coefficient (Wildman–Crippen LogP) is -9.20. The van der Waals surface area contributed by atoms with Gasteiger partial charge in [-0.2, -0.15) is 50.5 Å². The molecule has 0 spiro atoms. The number of rotatable bonds is 9. The maximum absolute atomic E-state index is 9.51. The van der Waals surface area contributed by atoms with Crippen molar-refractivity contribution in [2.45, 2.75) is 0 Å². The third-order valence-corrected chi connectivity index (χ3v) is 2.29. The predicted molar refractivity (Wildman–Crippen MR) is 91.7 cm³/mol. The Bertz CT molecular complexity index is 1100. The van der Waals surface area contributed by atoms with E-state index in [1.165, 1.54) is 0 Å². The second kappa shape index (κ2) is 19.7. The van der Waals surface area contributed by atoms with Gasteiger partial charge in [-0.05, 0) is 0 Å². The maximum atomic E-state index is 9.51. The minimum Gasteiger partial charge on any atom is -0.724 e. The number of hydrogen-bond donors (Lipinski definition) is 7. The van der Waals surface area contributed by atoms with E-state index in [1.807, 2.05) is 0 Å². The zero-order chi connectivity index (χ0) is 29.7. The molecule has 0 aliphatic carbocycles. The van der Waals surface area contributed by atoms with Crippen molar-refractivity contribution in [3.63, 3.8) is 0 Å². The quantitative estimate of drug-likeness (QED) is 0.0380. The Kier molecular flexibility index (Phi) is 26.9. The summed E-state index contributed by atoms with van der Waals surface area (Å²) in [5.41, 5.74) is 0. The van der Waals surface area contributed by atoms with Gasteiger partial charge in [0.05, 0.1) is 0 Å². The standard InChI is InChI=1S/K.3H2O8S2.H2O4S.H2O/c;3*1-9(2,3)7-8-10(4,5)6;1-5(2,3)4;/h;3*(H,1,2,3)(H,4,5,6);(H2,1,2,3,4);1H2/q+1;;;;;/p-1. The van der Waals surface area contributed by atoms with E-state index in [-0.39, 0.29) is 56.9 Å². The Morgan fingerprint density at radius 2 is 0.486 bits per heavy atom. The van der Waals surface area contributed by atoms with E-state index in [2.05, 4.69) is 26.0 Å². The molecule has 226 valence electrons. The van der Waals surface area contributed by atoms with Crippen LogP contribution in [-0.4, -0.2) is 101 Å². The summed E-state index contributed by atoms with van der Waals surface area (Å²) in [6, 6.07) is 0. The molecule has 37 heteroatoms. The molecule has 0 fully saturated rings. The zero-order valence-electron chi connectivity index (χ0n) is 16.1. The van der Waals surface area contributed by atoms with Gasteiger partial charge in [-0.1, -0.05) is 26.0 Å². The molecular weight excluding hydrogens is 728 g/mol. The molecule has 0 amide bonds. The van der Waals surface area contributed by atoms with Gasteiger partial charge >= 0.3 is 114 Å². The largest absolute Gasteiger partial charge is 1.00 e. The molecule has 0 radical (unpaired) electrons. The van der Waals surface area contributed by atoms with E-state index in [0.29, 0.717) is 0 Å². The van der Waals surface area contributed by atoms with Crippen LogP contribution in [0.1, 0.15) is 0 Å². The van der Waals surface area contributed by atoms with Crippen LogP contribution in [-0.2, 0) is 98.8 Å². The van der Waals surface area contributed by atoms with Crippen LogP contribution in [0.25, 0.3) is 0 Å². The average molecular weight is 737 g/mol. The van der Waals surface area contributed by atoms with Crippen molar-refractivity contribution in [3.8, 4) is 0 Å². The molecule has 0 bridgehead atoms. The summed E-state index contributed by atoms with van der Waals surface area (Å²) >= 11 is 0. The van der Waals surface area contributed by atoms with Gasteiger partial charge in [0, 0.05) is 0 Å². The summed E-state index contributed by atoms with van der Waals surface area (Å²) in [5, 5.41) is 0. The van der Waals surface area contributed by atoms with Crippen LogP contribution in [0, 0.1) is 0 Å². The molecule has 0 saturated heterocycles. The smallest absolute Gasteiger partial charge is 0.724 e. The minimum atomic E-state index is -5.27. The molecule has 0 rings (SSSR count). The number of hydrogen-bond acceptors (Lipinski definition) is 21. The molecule has 0 heterocycles. The van der Waals surface area contributed by atoms with Crippen LogP contribution >= 0.6 is 0 Å². The Hall–Kier alpha value is 0.686. The fourth-order valence-corrected chi connectivity index (χ4v) is 1.89. The summed E-state index contributed by atoms with van der Waals surface area (Å²) in [7, 11) is -35.1. The van der Waals surface area contributed by atoms with Crippen molar-refractivity contribution in [3.05, 3.63) is 0 Å². The average Bonchev–Trinajstić information content (AvgIpc) is 2.45. The molecule has 0 unspecified atom stereocenters. The summed E-state index contributed by atoms with van der Waals surface area (Å²) < 4.78 is 209. The van der Waals surface area contributed by atoms with Gasteiger partial charge < -0.3 is 10.0 Å². The molecule has 0 aromatic rings. The van der Waals surface area contributed by atoms with Crippen LogP contribution in [0.4, 0.5) is 0 Å². The molecule has 29 nitrogen and oxygen atoms in total. The van der Waals surface area contributed by atoms with Gasteiger partial charge in [0.1, 0.15) is 0 Å². The van der Waals surface area contributed by atoms with E-state index >= 15 is 0 Å². The van der Waals surface area contributed by atoms with Gasteiger partial charge in [-0.15, -0.1) is 0 Å². The monoisotopic (exact) mass is 736 g/mol. The van der Waals surface area contributed by atoms with Crippen molar-refractivity contribution in [1.29, 1.82) is 0 Å². The van der Waals surface area contributed by atoms with E-state index in [0.717, 1.165) is 0 Å². The van der Waals surface area contributed by atoms with Crippen LogP contribution < -0.4 is 51.4 Å². The van der Waals surface area contributed by atoms with E-state index in [1.54, 1.807) is 0 Å². The van der Waals surface area contributed by atoms with Crippen molar-refractivity contribution in [2.24, 2.45) is 0 Å². The Morgan fingerprint density at radius 1 is 0.378 bits per heavy atom. The first-order valence-corrected chi connectivity index (χ1v) is 14.8. The van der Waals surface area contributed by atoms with Gasteiger partial charge in [0.15, 0.2) is 0 Å². The van der Waals surface area contributed by atoms with Crippen molar-refractivity contribution in [1.82, 2.24) is 0 Å². The molecule has 0 aliphatic rings. The molecule has 9 N–H and O–H groups in total. The fourth-order valence-electron chi connectivity index (χ4n) is 0.210. The van der Waals surface area contributed by atoms with Crippen LogP contribution in [0.15, 0.2) is 0 Å². The second-order valence-corrected chi connectivity index (χ2v) is 10.2. The van der Waals surface area contributed by atoms with Crippen LogP contribution in [0.3, 0.4) is 0 Å². The third-order valence-electron chi connectivity index (χ3n) is 0.597. The van der Waals surface area contributed by atoms with Gasteiger partial charge in [0.2, 0.25) is 10.4 Å². The summed E-state index contributed by atoms with van der Waals surface area (Å²) in [6.07, 6.45) is 0. The topological polar surface area (TPSA) is 491 Å². The van der Waals surface area contributed by atoms with Gasteiger partial charge in [0.25, 0.3) is 0 Å². The summed E-state index contributed by atoms with van der Waals surface area (Å²) in [4.78, 5) is 0. The summed E-state index contributed by atoms with van der Waals surface area (Å²) in [5.74, 6) is 0. The minimum absolute atomic E-state index is 0. The Labute approximate surface area is 248 Å². The molecule has 0 atom stereocenters. The molecule has 37 heavy (non-hydrogen) atoms.